The molecule has 18 heavy (non-hydrogen) atoms. The van der Waals surface area contributed by atoms with Gasteiger partial charge in [-0.2, -0.15) is 8.78 Å². The lowest BCUT2D eigenvalue weighted by Crippen LogP contribution is -2.38. The van der Waals surface area contributed by atoms with E-state index >= 15 is 0 Å². The Morgan fingerprint density at radius 2 is 1.83 bits per heavy atom. The highest BCUT2D eigenvalue weighted by Crippen LogP contribution is 2.28. The minimum absolute atomic E-state index is 0.0775. The molecule has 1 rings (SSSR count). The van der Waals surface area contributed by atoms with Gasteiger partial charge in [-0.1, -0.05) is 44.2 Å². The number of hydrogen-bond donors (Lipinski definition) is 1. The summed E-state index contributed by atoms with van der Waals surface area (Å²) in [6.07, 6.45) is 0. The molecule has 0 radical (unpaired) electrons. The van der Waals surface area contributed by atoms with E-state index in [2.05, 4.69) is 5.32 Å². The van der Waals surface area contributed by atoms with Gasteiger partial charge in [-0.3, -0.25) is 4.90 Å². The molecule has 1 aromatic rings. The third-order valence-electron chi connectivity index (χ3n) is 2.71. The third-order valence-corrected chi connectivity index (χ3v) is 2.71. The van der Waals surface area contributed by atoms with Crippen LogP contribution in [0.2, 0.25) is 0 Å². The van der Waals surface area contributed by atoms with Gasteiger partial charge >= 0.3 is 0 Å². The number of likely N-dealkylation sites (N-methyl/N-ethyl adjacent to an activating group) is 1. The second-order valence-corrected chi connectivity index (χ2v) is 4.92. The Bertz CT molecular complexity index is 339. The summed E-state index contributed by atoms with van der Waals surface area (Å²) in [4.78, 5) is 1.66. The van der Waals surface area contributed by atoms with Crippen LogP contribution in [-0.2, 0) is 5.92 Å². The molecule has 0 bridgehead atoms. The van der Waals surface area contributed by atoms with E-state index in [-0.39, 0.29) is 12.1 Å². The van der Waals surface area contributed by atoms with Gasteiger partial charge in [0.1, 0.15) is 0 Å². The van der Waals surface area contributed by atoms with E-state index in [1.807, 2.05) is 13.8 Å². The van der Waals surface area contributed by atoms with Gasteiger partial charge in [0.2, 0.25) is 0 Å². The van der Waals surface area contributed by atoms with Crippen molar-refractivity contribution in [2.24, 2.45) is 0 Å². The lowest BCUT2D eigenvalue weighted by Gasteiger charge is -2.24. The van der Waals surface area contributed by atoms with Crippen LogP contribution in [-0.4, -0.2) is 37.6 Å². The molecule has 2 nitrogen and oxygen atoms in total. The van der Waals surface area contributed by atoms with Gasteiger partial charge in [-0.05, 0) is 7.05 Å². The molecule has 0 saturated carbocycles. The minimum atomic E-state index is -2.80. The molecule has 1 N–H and O–H groups in total. The number of nitrogens with one attached hydrogen (secondary N) is 1. The van der Waals surface area contributed by atoms with E-state index in [1.54, 1.807) is 30.1 Å². The van der Waals surface area contributed by atoms with Crippen LogP contribution in [0.3, 0.4) is 0 Å². The Kier molecular flexibility index (Phi) is 5.69. The normalized spacial score (nSPS) is 12.4. The molecule has 102 valence electrons. The number of hydrogen-bond acceptors (Lipinski definition) is 2. The largest absolute Gasteiger partial charge is 0.313 e. The van der Waals surface area contributed by atoms with E-state index in [0.717, 1.165) is 6.54 Å². The fourth-order valence-electron chi connectivity index (χ4n) is 1.74. The quantitative estimate of drug-likeness (QED) is 0.807. The van der Waals surface area contributed by atoms with E-state index in [0.29, 0.717) is 12.6 Å². The highest BCUT2D eigenvalue weighted by atomic mass is 19.3. The Labute approximate surface area is 108 Å². The smallest absolute Gasteiger partial charge is 0.285 e. The Morgan fingerprint density at radius 3 is 2.39 bits per heavy atom. The zero-order chi connectivity index (χ0) is 13.6. The maximum absolute atomic E-state index is 13.9. The summed E-state index contributed by atoms with van der Waals surface area (Å²) in [6.45, 7) is 5.16. The zero-order valence-electron chi connectivity index (χ0n) is 11.3. The van der Waals surface area contributed by atoms with Crippen LogP contribution in [0.5, 0.6) is 0 Å². The zero-order valence-corrected chi connectivity index (χ0v) is 11.3. The van der Waals surface area contributed by atoms with Gasteiger partial charge in [0.05, 0.1) is 6.54 Å². The molecular weight excluding hydrogens is 234 g/mol. The number of nitrogens with zero attached hydrogens (tertiary/aromatic N) is 1. The summed E-state index contributed by atoms with van der Waals surface area (Å²) in [5, 5.41) is 3.22. The molecule has 0 atom stereocenters. The van der Waals surface area contributed by atoms with Crippen molar-refractivity contribution < 1.29 is 8.78 Å². The van der Waals surface area contributed by atoms with Gasteiger partial charge in [0, 0.05) is 24.7 Å². The third kappa shape index (κ3) is 5.10. The van der Waals surface area contributed by atoms with Crippen molar-refractivity contribution in [1.82, 2.24) is 10.2 Å². The summed E-state index contributed by atoms with van der Waals surface area (Å²) < 4.78 is 27.9. The number of benzene rings is 1. The molecule has 0 spiro atoms. The molecular formula is C14H22F2N2. The highest BCUT2D eigenvalue weighted by molar-refractivity contribution is 5.20. The lowest BCUT2D eigenvalue weighted by molar-refractivity contribution is -0.0318. The van der Waals surface area contributed by atoms with Crippen molar-refractivity contribution in [2.45, 2.75) is 25.8 Å². The van der Waals surface area contributed by atoms with Crippen LogP contribution in [0.25, 0.3) is 0 Å². The summed E-state index contributed by atoms with van der Waals surface area (Å²) in [5.41, 5.74) is 0.0775. The fourth-order valence-corrected chi connectivity index (χ4v) is 1.74. The summed E-state index contributed by atoms with van der Waals surface area (Å²) >= 11 is 0. The maximum Gasteiger partial charge on any atom is 0.285 e. The first-order chi connectivity index (χ1) is 8.42. The van der Waals surface area contributed by atoms with Crippen molar-refractivity contribution >= 4 is 0 Å². The molecule has 4 heteroatoms. The number of alkyl halides is 2. The predicted molar refractivity (Wildman–Crippen MR) is 71.0 cm³/mol. The van der Waals surface area contributed by atoms with E-state index in [9.17, 15) is 8.78 Å². The molecule has 0 heterocycles. The first-order valence-corrected chi connectivity index (χ1v) is 6.27. The summed E-state index contributed by atoms with van der Waals surface area (Å²) in [5.74, 6) is -2.80. The van der Waals surface area contributed by atoms with Crippen LogP contribution < -0.4 is 5.32 Å². The van der Waals surface area contributed by atoms with Crippen LogP contribution in [0, 0.1) is 0 Å². The lowest BCUT2D eigenvalue weighted by atomic mass is 10.1. The average Bonchev–Trinajstić information content (AvgIpc) is 2.29. The van der Waals surface area contributed by atoms with Crippen LogP contribution in [0.1, 0.15) is 19.4 Å². The topological polar surface area (TPSA) is 15.3 Å². The Morgan fingerprint density at radius 1 is 1.22 bits per heavy atom. The predicted octanol–water partition coefficient (Wildman–Crippen LogP) is 2.71. The standard InChI is InChI=1S/C14H22F2N2/c1-12(2)17-9-10-18(3)11-14(15,16)13-7-5-4-6-8-13/h4-8,12,17H,9-11H2,1-3H3. The number of rotatable bonds is 7. The van der Waals surface area contributed by atoms with E-state index in [1.165, 1.54) is 12.1 Å². The highest BCUT2D eigenvalue weighted by Gasteiger charge is 2.32. The van der Waals surface area contributed by atoms with Crippen molar-refractivity contribution in [3.05, 3.63) is 35.9 Å². The second-order valence-electron chi connectivity index (χ2n) is 4.92. The first kappa shape index (κ1) is 15.1. The molecule has 0 saturated heterocycles. The van der Waals surface area contributed by atoms with Gasteiger partial charge in [0.25, 0.3) is 5.92 Å². The fraction of sp³-hybridized carbons (Fsp3) is 0.571. The first-order valence-electron chi connectivity index (χ1n) is 6.27. The molecule has 0 fully saturated rings. The molecule has 0 amide bonds. The molecule has 1 aromatic carbocycles. The monoisotopic (exact) mass is 256 g/mol. The van der Waals surface area contributed by atoms with Crippen LogP contribution >= 0.6 is 0 Å². The molecule has 0 aliphatic rings. The van der Waals surface area contributed by atoms with Gasteiger partial charge in [0.15, 0.2) is 0 Å². The number of halogens is 2. The van der Waals surface area contributed by atoms with Crippen LogP contribution in [0.15, 0.2) is 30.3 Å². The molecule has 0 unspecified atom stereocenters. The van der Waals surface area contributed by atoms with Crippen LogP contribution in [0.4, 0.5) is 8.78 Å². The van der Waals surface area contributed by atoms with Gasteiger partial charge in [-0.15, -0.1) is 0 Å². The second kappa shape index (κ2) is 6.81. The van der Waals surface area contributed by atoms with Crippen molar-refractivity contribution in [1.29, 1.82) is 0 Å². The maximum atomic E-state index is 13.9. The Balaban J connectivity index is 2.45. The van der Waals surface area contributed by atoms with Crippen molar-refractivity contribution in [3.63, 3.8) is 0 Å². The summed E-state index contributed by atoms with van der Waals surface area (Å²) in [6, 6.07) is 8.36. The van der Waals surface area contributed by atoms with E-state index < -0.39 is 5.92 Å². The molecule has 0 aromatic heterocycles. The van der Waals surface area contributed by atoms with E-state index in [4.69, 9.17) is 0 Å². The molecule has 0 aliphatic carbocycles. The Hall–Kier alpha value is -1.00. The minimum Gasteiger partial charge on any atom is -0.313 e. The SMILES string of the molecule is CC(C)NCCN(C)CC(F)(F)c1ccccc1. The summed E-state index contributed by atoms with van der Waals surface area (Å²) in [7, 11) is 1.72. The van der Waals surface area contributed by atoms with Crippen molar-refractivity contribution in [3.8, 4) is 0 Å². The van der Waals surface area contributed by atoms with Gasteiger partial charge in [-0.25, -0.2) is 0 Å². The van der Waals surface area contributed by atoms with Gasteiger partial charge < -0.3 is 5.32 Å². The molecule has 0 aliphatic heterocycles. The van der Waals surface area contributed by atoms with Crippen molar-refractivity contribution in [2.75, 3.05) is 26.7 Å². The average molecular weight is 256 g/mol.